The molecule has 0 fully saturated rings. The predicted octanol–water partition coefficient (Wildman–Crippen LogP) is 5.31. The van der Waals surface area contributed by atoms with Gasteiger partial charge in [-0.2, -0.15) is 5.26 Å². The zero-order valence-corrected chi connectivity index (χ0v) is 22.8. The molecule has 3 N–H and O–H groups in total. The molecule has 0 saturated carbocycles. The lowest BCUT2D eigenvalue weighted by Gasteiger charge is -2.28. The van der Waals surface area contributed by atoms with E-state index in [0.717, 1.165) is 11.3 Å². The Balaban J connectivity index is 1.61. The number of aryl methyl sites for hydroxylation is 1. The molecule has 0 saturated heterocycles. The molecule has 1 aliphatic rings. The summed E-state index contributed by atoms with van der Waals surface area (Å²) in [4.78, 5) is 26.4. The van der Waals surface area contributed by atoms with E-state index >= 15 is 0 Å². The number of thioether (sulfide) groups is 1. The van der Waals surface area contributed by atoms with Crippen LogP contribution in [-0.4, -0.2) is 31.8 Å². The number of amides is 2. The normalized spacial score (nSPS) is 14.8. The maximum atomic E-state index is 13.7. The van der Waals surface area contributed by atoms with Gasteiger partial charge < -0.3 is 29.8 Å². The van der Waals surface area contributed by atoms with Crippen LogP contribution in [0.25, 0.3) is 0 Å². The second kappa shape index (κ2) is 12.3. The van der Waals surface area contributed by atoms with Crippen LogP contribution in [0.15, 0.2) is 87.1 Å². The first-order valence-corrected chi connectivity index (χ1v) is 13.0. The zero-order valence-electron chi connectivity index (χ0n) is 22.0. The minimum absolute atomic E-state index is 0.0581. The van der Waals surface area contributed by atoms with E-state index in [2.05, 4.69) is 22.0 Å². The highest BCUT2D eigenvalue weighted by molar-refractivity contribution is 8.03. The summed E-state index contributed by atoms with van der Waals surface area (Å²) in [6.07, 6.45) is 1.49. The predicted molar refractivity (Wildman–Crippen MR) is 150 cm³/mol. The van der Waals surface area contributed by atoms with Crippen molar-refractivity contribution in [2.24, 2.45) is 0 Å². The summed E-state index contributed by atoms with van der Waals surface area (Å²) >= 11 is 1.19. The molecular weight excluding hydrogens is 516 g/mol. The molecule has 39 heavy (non-hydrogen) atoms. The van der Waals surface area contributed by atoms with E-state index in [-0.39, 0.29) is 17.2 Å². The Kier molecular flexibility index (Phi) is 8.63. The van der Waals surface area contributed by atoms with E-state index in [1.165, 1.54) is 32.2 Å². The molecule has 2 amide bonds. The third-order valence-corrected chi connectivity index (χ3v) is 7.16. The van der Waals surface area contributed by atoms with Gasteiger partial charge in [-0.3, -0.25) is 9.59 Å². The molecule has 0 spiro atoms. The molecule has 0 aliphatic carbocycles. The van der Waals surface area contributed by atoms with Crippen molar-refractivity contribution >= 4 is 35.0 Å². The highest BCUT2D eigenvalue weighted by atomic mass is 32.2. The number of allylic oxidation sites excluding steroid dienone is 2. The fraction of sp³-hybridized carbons (Fsp3) is 0.207. The van der Waals surface area contributed by atoms with Crippen LogP contribution in [0.2, 0.25) is 0 Å². The van der Waals surface area contributed by atoms with E-state index in [9.17, 15) is 14.9 Å². The van der Waals surface area contributed by atoms with Crippen LogP contribution < -0.4 is 25.4 Å². The first-order chi connectivity index (χ1) is 18.9. The number of nitrogens with zero attached hydrogens (tertiary/aromatic N) is 1. The topological polar surface area (TPSA) is 126 Å². The van der Waals surface area contributed by atoms with Crippen molar-refractivity contribution in [1.82, 2.24) is 5.32 Å². The number of furan rings is 1. The third kappa shape index (κ3) is 6.10. The van der Waals surface area contributed by atoms with Crippen LogP contribution in [-0.2, 0) is 9.59 Å². The minimum atomic E-state index is -0.787. The minimum Gasteiger partial charge on any atom is -0.497 e. The number of carbonyl (C=O) groups excluding carboxylic acids is 2. The monoisotopic (exact) mass is 544 g/mol. The van der Waals surface area contributed by atoms with Gasteiger partial charge in [-0.25, -0.2) is 0 Å². The van der Waals surface area contributed by atoms with Crippen molar-refractivity contribution in [3.8, 4) is 17.6 Å². The number of dihydropyridines is 1. The molecule has 2 aromatic carbocycles. The Labute approximate surface area is 230 Å². The fourth-order valence-corrected chi connectivity index (χ4v) is 5.10. The lowest BCUT2D eigenvalue weighted by molar-refractivity contribution is -0.114. The number of anilines is 2. The van der Waals surface area contributed by atoms with Gasteiger partial charge >= 0.3 is 0 Å². The van der Waals surface area contributed by atoms with Crippen molar-refractivity contribution in [3.63, 3.8) is 0 Å². The number of carbonyl (C=O) groups is 2. The molecule has 0 radical (unpaired) electrons. The molecule has 0 bridgehead atoms. The number of hydrogen-bond donors (Lipinski definition) is 3. The summed E-state index contributed by atoms with van der Waals surface area (Å²) in [6, 6.07) is 18.2. The third-order valence-electron chi connectivity index (χ3n) is 6.14. The Morgan fingerprint density at radius 1 is 1.05 bits per heavy atom. The standard InChI is InChI=1S/C29H28N4O5S/c1-17-8-5-6-9-21(17)32-25(34)16-39-29-20(15-30)27(24-10-7-13-38-24)26(18(2)31-29)28(35)33-22-14-19(36-3)11-12-23(22)37-4/h5-14,27,31H,16H2,1-4H3,(H,32,34)(H,33,35). The molecule has 1 aliphatic heterocycles. The van der Waals surface area contributed by atoms with E-state index in [1.807, 2.05) is 31.2 Å². The Morgan fingerprint density at radius 3 is 2.51 bits per heavy atom. The smallest absolute Gasteiger partial charge is 0.254 e. The lowest BCUT2D eigenvalue weighted by Crippen LogP contribution is -2.31. The molecule has 3 aromatic rings. The number of ether oxygens (including phenoxy) is 2. The Hall–Kier alpha value is -4.62. The highest BCUT2D eigenvalue weighted by Crippen LogP contribution is 2.41. The molecular formula is C29H28N4O5S. The van der Waals surface area contributed by atoms with Crippen molar-refractivity contribution < 1.29 is 23.5 Å². The molecule has 200 valence electrons. The van der Waals surface area contributed by atoms with Gasteiger partial charge in [0.2, 0.25) is 5.91 Å². The number of nitriles is 1. The number of hydrogen-bond acceptors (Lipinski definition) is 8. The van der Waals surface area contributed by atoms with E-state index in [0.29, 0.717) is 39.2 Å². The molecule has 1 unspecified atom stereocenters. The number of methoxy groups -OCH3 is 2. The second-order valence-corrected chi connectivity index (χ2v) is 9.62. The van der Waals surface area contributed by atoms with Crippen LogP contribution in [0.1, 0.15) is 24.2 Å². The summed E-state index contributed by atoms with van der Waals surface area (Å²) in [5, 5.41) is 19.6. The number of rotatable bonds is 9. The second-order valence-electron chi connectivity index (χ2n) is 8.64. The summed E-state index contributed by atoms with van der Waals surface area (Å²) in [7, 11) is 3.04. The number of para-hydroxylation sites is 1. The van der Waals surface area contributed by atoms with Crippen LogP contribution in [0.3, 0.4) is 0 Å². The summed E-state index contributed by atoms with van der Waals surface area (Å²) < 4.78 is 16.4. The quantitative estimate of drug-likeness (QED) is 0.331. The summed E-state index contributed by atoms with van der Waals surface area (Å²) in [6.45, 7) is 3.66. The van der Waals surface area contributed by atoms with Crippen molar-refractivity contribution in [1.29, 1.82) is 5.26 Å². The van der Waals surface area contributed by atoms with Crippen LogP contribution in [0, 0.1) is 18.3 Å². The van der Waals surface area contributed by atoms with Gasteiger partial charge in [0.25, 0.3) is 5.91 Å². The van der Waals surface area contributed by atoms with Gasteiger partial charge in [0.1, 0.15) is 17.3 Å². The molecule has 1 aromatic heterocycles. The fourth-order valence-electron chi connectivity index (χ4n) is 4.21. The average molecular weight is 545 g/mol. The molecule has 4 rings (SSSR count). The maximum Gasteiger partial charge on any atom is 0.254 e. The Bertz CT molecular complexity index is 1490. The first-order valence-electron chi connectivity index (χ1n) is 12.0. The summed E-state index contributed by atoms with van der Waals surface area (Å²) in [5.74, 6) is 0.0343. The van der Waals surface area contributed by atoms with Gasteiger partial charge in [-0.15, -0.1) is 0 Å². The van der Waals surface area contributed by atoms with Gasteiger partial charge in [0.15, 0.2) is 0 Å². The largest absolute Gasteiger partial charge is 0.497 e. The average Bonchev–Trinajstić information content (AvgIpc) is 3.47. The maximum absolute atomic E-state index is 13.7. The number of nitrogens with one attached hydrogen (secondary N) is 3. The van der Waals surface area contributed by atoms with Gasteiger partial charge in [0, 0.05) is 17.5 Å². The SMILES string of the molecule is COc1ccc(OC)c(NC(=O)C2=C(C)NC(SCC(=O)Nc3ccccc3C)=C(C#N)C2c2ccco2)c1. The van der Waals surface area contributed by atoms with E-state index in [4.69, 9.17) is 13.9 Å². The molecule has 2 heterocycles. The lowest BCUT2D eigenvalue weighted by atomic mass is 9.85. The zero-order chi connectivity index (χ0) is 27.9. The Morgan fingerprint density at radius 2 is 1.85 bits per heavy atom. The van der Waals surface area contributed by atoms with Crippen molar-refractivity contribution in [2.45, 2.75) is 19.8 Å². The van der Waals surface area contributed by atoms with Gasteiger partial charge in [0.05, 0.1) is 60.1 Å². The van der Waals surface area contributed by atoms with Crippen LogP contribution in [0.5, 0.6) is 11.5 Å². The molecule has 1 atom stereocenters. The molecule has 9 nitrogen and oxygen atoms in total. The highest BCUT2D eigenvalue weighted by Gasteiger charge is 2.36. The molecule has 10 heteroatoms. The van der Waals surface area contributed by atoms with Gasteiger partial charge in [-0.05, 0) is 49.7 Å². The van der Waals surface area contributed by atoms with E-state index in [1.54, 1.807) is 37.3 Å². The van der Waals surface area contributed by atoms with Crippen LogP contribution in [0.4, 0.5) is 11.4 Å². The van der Waals surface area contributed by atoms with Crippen molar-refractivity contribution in [3.05, 3.63) is 94.1 Å². The summed E-state index contributed by atoms with van der Waals surface area (Å²) in [5.41, 5.74) is 3.19. The van der Waals surface area contributed by atoms with Crippen molar-refractivity contribution in [2.75, 3.05) is 30.6 Å². The number of benzene rings is 2. The van der Waals surface area contributed by atoms with Gasteiger partial charge in [-0.1, -0.05) is 30.0 Å². The van der Waals surface area contributed by atoms with E-state index < -0.39 is 11.8 Å². The first kappa shape index (κ1) is 27.4. The van der Waals surface area contributed by atoms with Crippen LogP contribution >= 0.6 is 11.8 Å².